The molecule has 1 saturated carbocycles. The minimum Gasteiger partial charge on any atom is -0.396 e. The number of anilines is 2. The summed E-state index contributed by atoms with van der Waals surface area (Å²) in [6.07, 6.45) is 3.41. The summed E-state index contributed by atoms with van der Waals surface area (Å²) in [5, 5.41) is 15.4. The highest BCUT2D eigenvalue weighted by Gasteiger charge is 2.26. The number of aliphatic hydroxyl groups excluding tert-OH is 1. The van der Waals surface area contributed by atoms with Gasteiger partial charge in [-0.25, -0.2) is 0 Å². The average Bonchev–Trinajstić information content (AvgIpc) is 2.83. The Bertz CT molecular complexity index is 403. The molecule has 0 bridgehead atoms. The van der Waals surface area contributed by atoms with E-state index in [4.69, 9.17) is 11.6 Å². The molecule has 2 atom stereocenters. The van der Waals surface area contributed by atoms with Crippen molar-refractivity contribution in [3.05, 3.63) is 5.28 Å². The highest BCUT2D eigenvalue weighted by molar-refractivity contribution is 6.28. The molecule has 1 aliphatic carbocycles. The molecule has 1 fully saturated rings. The molecule has 6 nitrogen and oxygen atoms in total. The van der Waals surface area contributed by atoms with Crippen molar-refractivity contribution in [2.24, 2.45) is 11.8 Å². The fraction of sp³-hybridized carbons (Fsp3) is 0.727. The maximum atomic E-state index is 9.26. The molecule has 18 heavy (non-hydrogen) atoms. The standard InChI is InChI=1S/C11H18ClN5O/c1-13-10-15-9(12)16-11(17-10)14-5-7-3-2-4-8(7)6-18/h7-8,18H,2-6H2,1H3,(H2,13,14,15,16,17). The summed E-state index contributed by atoms with van der Waals surface area (Å²) in [7, 11) is 1.73. The highest BCUT2D eigenvalue weighted by atomic mass is 35.5. The number of nitrogens with one attached hydrogen (secondary N) is 2. The van der Waals surface area contributed by atoms with Crippen LogP contribution in [0.5, 0.6) is 0 Å². The maximum absolute atomic E-state index is 9.26. The van der Waals surface area contributed by atoms with Gasteiger partial charge in [-0.15, -0.1) is 0 Å². The summed E-state index contributed by atoms with van der Waals surface area (Å²) in [4.78, 5) is 12.1. The Morgan fingerprint density at radius 1 is 1.22 bits per heavy atom. The molecule has 1 aromatic heterocycles. The van der Waals surface area contributed by atoms with Gasteiger partial charge in [0.2, 0.25) is 17.2 Å². The van der Waals surface area contributed by atoms with E-state index in [1.54, 1.807) is 7.05 Å². The third-order valence-electron chi connectivity index (χ3n) is 3.41. The van der Waals surface area contributed by atoms with E-state index in [1.165, 1.54) is 6.42 Å². The second kappa shape index (κ2) is 6.15. The Morgan fingerprint density at radius 3 is 2.67 bits per heavy atom. The van der Waals surface area contributed by atoms with Crippen LogP contribution in [0, 0.1) is 11.8 Å². The molecule has 0 aliphatic heterocycles. The molecule has 2 rings (SSSR count). The first-order valence-electron chi connectivity index (χ1n) is 6.17. The van der Waals surface area contributed by atoms with Crippen molar-refractivity contribution in [2.45, 2.75) is 19.3 Å². The lowest BCUT2D eigenvalue weighted by Crippen LogP contribution is -2.21. The monoisotopic (exact) mass is 271 g/mol. The normalized spacial score (nSPS) is 23.1. The molecule has 0 spiro atoms. The van der Waals surface area contributed by atoms with Crippen molar-refractivity contribution >= 4 is 23.5 Å². The van der Waals surface area contributed by atoms with Crippen LogP contribution in [0.15, 0.2) is 0 Å². The predicted octanol–water partition coefficient (Wildman–Crippen LogP) is 1.39. The van der Waals surface area contributed by atoms with Crippen LogP contribution in [0.4, 0.5) is 11.9 Å². The lowest BCUT2D eigenvalue weighted by atomic mass is 9.97. The van der Waals surface area contributed by atoms with Gasteiger partial charge in [-0.3, -0.25) is 0 Å². The lowest BCUT2D eigenvalue weighted by molar-refractivity contribution is 0.199. The Hall–Kier alpha value is -1.14. The van der Waals surface area contributed by atoms with E-state index >= 15 is 0 Å². The number of hydrogen-bond acceptors (Lipinski definition) is 6. The Morgan fingerprint density at radius 2 is 1.94 bits per heavy atom. The van der Waals surface area contributed by atoms with Gasteiger partial charge in [0, 0.05) is 20.2 Å². The molecule has 1 aliphatic rings. The fourth-order valence-electron chi connectivity index (χ4n) is 2.39. The van der Waals surface area contributed by atoms with Crippen LogP contribution in [0.2, 0.25) is 5.28 Å². The lowest BCUT2D eigenvalue weighted by Gasteiger charge is -2.17. The first-order valence-corrected chi connectivity index (χ1v) is 6.54. The number of hydrogen-bond donors (Lipinski definition) is 3. The van der Waals surface area contributed by atoms with E-state index < -0.39 is 0 Å². The molecule has 100 valence electrons. The van der Waals surface area contributed by atoms with Crippen molar-refractivity contribution in [3.8, 4) is 0 Å². The van der Waals surface area contributed by atoms with Crippen LogP contribution in [-0.2, 0) is 0 Å². The van der Waals surface area contributed by atoms with Crippen LogP contribution in [0.25, 0.3) is 0 Å². The summed E-state index contributed by atoms with van der Waals surface area (Å²) in [6.45, 7) is 1.01. The van der Waals surface area contributed by atoms with Gasteiger partial charge in [0.15, 0.2) is 0 Å². The highest BCUT2D eigenvalue weighted by Crippen LogP contribution is 2.31. The van der Waals surface area contributed by atoms with Crippen molar-refractivity contribution in [1.82, 2.24) is 15.0 Å². The first-order chi connectivity index (χ1) is 8.72. The van der Waals surface area contributed by atoms with Gasteiger partial charge in [-0.2, -0.15) is 15.0 Å². The maximum Gasteiger partial charge on any atom is 0.228 e. The summed E-state index contributed by atoms with van der Waals surface area (Å²) >= 11 is 5.80. The fourth-order valence-corrected chi connectivity index (χ4v) is 2.55. The zero-order valence-electron chi connectivity index (χ0n) is 10.4. The van der Waals surface area contributed by atoms with E-state index in [0.29, 0.717) is 23.7 Å². The Kier molecular flexibility index (Phi) is 4.54. The van der Waals surface area contributed by atoms with Gasteiger partial charge in [0.05, 0.1) is 0 Å². The number of halogens is 1. The molecule has 1 aromatic rings. The van der Waals surface area contributed by atoms with Crippen molar-refractivity contribution in [1.29, 1.82) is 0 Å². The SMILES string of the molecule is CNc1nc(Cl)nc(NCC2CCCC2CO)n1. The number of nitrogens with zero attached hydrogens (tertiary/aromatic N) is 3. The van der Waals surface area contributed by atoms with E-state index in [2.05, 4.69) is 25.6 Å². The second-order valence-electron chi connectivity index (χ2n) is 4.52. The van der Waals surface area contributed by atoms with E-state index in [1.807, 2.05) is 0 Å². The van der Waals surface area contributed by atoms with Crippen LogP contribution in [0.1, 0.15) is 19.3 Å². The molecule has 3 N–H and O–H groups in total. The third-order valence-corrected chi connectivity index (χ3v) is 3.57. The molecular weight excluding hydrogens is 254 g/mol. The summed E-state index contributed by atoms with van der Waals surface area (Å²) in [5.74, 6) is 1.78. The summed E-state index contributed by atoms with van der Waals surface area (Å²) in [5.41, 5.74) is 0. The summed E-state index contributed by atoms with van der Waals surface area (Å²) in [6, 6.07) is 0. The molecule has 0 amide bonds. The largest absolute Gasteiger partial charge is 0.396 e. The van der Waals surface area contributed by atoms with Gasteiger partial charge in [0.25, 0.3) is 0 Å². The number of rotatable bonds is 5. The second-order valence-corrected chi connectivity index (χ2v) is 4.85. The van der Waals surface area contributed by atoms with E-state index in [-0.39, 0.29) is 11.9 Å². The predicted molar refractivity (Wildman–Crippen MR) is 70.8 cm³/mol. The van der Waals surface area contributed by atoms with Crippen LogP contribution < -0.4 is 10.6 Å². The summed E-state index contributed by atoms with van der Waals surface area (Å²) < 4.78 is 0. The smallest absolute Gasteiger partial charge is 0.228 e. The van der Waals surface area contributed by atoms with Gasteiger partial charge in [-0.1, -0.05) is 6.42 Å². The van der Waals surface area contributed by atoms with Crippen LogP contribution >= 0.6 is 11.6 Å². The topological polar surface area (TPSA) is 83.0 Å². The molecule has 7 heteroatoms. The molecular formula is C11H18ClN5O. The molecule has 2 unspecified atom stereocenters. The van der Waals surface area contributed by atoms with Crippen molar-refractivity contribution < 1.29 is 5.11 Å². The average molecular weight is 272 g/mol. The Labute approximate surface area is 111 Å². The molecule has 1 heterocycles. The van der Waals surface area contributed by atoms with Crippen LogP contribution in [-0.4, -0.2) is 40.3 Å². The van der Waals surface area contributed by atoms with Gasteiger partial charge < -0.3 is 15.7 Å². The van der Waals surface area contributed by atoms with Crippen molar-refractivity contribution in [2.75, 3.05) is 30.8 Å². The van der Waals surface area contributed by atoms with Gasteiger partial charge >= 0.3 is 0 Å². The van der Waals surface area contributed by atoms with Gasteiger partial charge in [-0.05, 0) is 36.3 Å². The van der Waals surface area contributed by atoms with Crippen LogP contribution in [0.3, 0.4) is 0 Å². The van der Waals surface area contributed by atoms with E-state index in [9.17, 15) is 5.11 Å². The zero-order chi connectivity index (χ0) is 13.0. The minimum atomic E-state index is 0.169. The molecule has 0 aromatic carbocycles. The Balaban J connectivity index is 1.95. The molecule has 0 saturated heterocycles. The number of aliphatic hydroxyl groups is 1. The van der Waals surface area contributed by atoms with Crippen molar-refractivity contribution in [3.63, 3.8) is 0 Å². The van der Waals surface area contributed by atoms with Gasteiger partial charge in [0.1, 0.15) is 0 Å². The molecule has 0 radical (unpaired) electrons. The minimum absolute atomic E-state index is 0.169. The zero-order valence-corrected chi connectivity index (χ0v) is 11.1. The third kappa shape index (κ3) is 3.20. The van der Waals surface area contributed by atoms with E-state index in [0.717, 1.165) is 19.4 Å². The first kappa shape index (κ1) is 13.3. The quantitative estimate of drug-likeness (QED) is 0.751. The number of aromatic nitrogens is 3.